The molecule has 0 aromatic rings. The van der Waals surface area contributed by atoms with Crippen LogP contribution in [-0.2, 0) is 62.6 Å². The van der Waals surface area contributed by atoms with E-state index >= 15 is 0 Å². The van der Waals surface area contributed by atoms with E-state index in [1.807, 2.05) is 0 Å². The number of nitrogens with zero attached hydrogens (tertiary/aromatic N) is 2. The van der Waals surface area contributed by atoms with Gasteiger partial charge in [-0.05, 0) is 0 Å². The van der Waals surface area contributed by atoms with Crippen LogP contribution in [0.1, 0.15) is 0 Å². The number of hydrogen-bond acceptors (Lipinski definition) is 16. The SMILES string of the molecule is CO[Si](CN1CC(COCCOCC2CN(C[Si](OC)(OC)OC)C[Si](OC)(OC)O2)O[Si](OC)(OC)C1)(OC)OC. The molecule has 2 fully saturated rings. The fourth-order valence-corrected chi connectivity index (χ4v) is 13.0. The van der Waals surface area contributed by atoms with Gasteiger partial charge in [0.25, 0.3) is 0 Å². The molecular weight excluding hydrogens is 629 g/mol. The van der Waals surface area contributed by atoms with Crippen LogP contribution in [-0.4, -0.2) is 193 Å². The molecule has 16 nitrogen and oxygen atoms in total. The summed E-state index contributed by atoms with van der Waals surface area (Å²) in [5.74, 6) is 0. The fourth-order valence-electron chi connectivity index (χ4n) is 4.92. The third-order valence-electron chi connectivity index (χ3n) is 7.37. The number of hydrogen-bond donors (Lipinski definition) is 0. The lowest BCUT2D eigenvalue weighted by Crippen LogP contribution is -2.66. The summed E-state index contributed by atoms with van der Waals surface area (Å²) in [5.41, 5.74) is 0. The summed E-state index contributed by atoms with van der Waals surface area (Å²) < 4.78 is 80.9. The van der Waals surface area contributed by atoms with Crippen LogP contribution in [0.3, 0.4) is 0 Å². The van der Waals surface area contributed by atoms with Gasteiger partial charge in [-0.1, -0.05) is 0 Å². The molecule has 42 heavy (non-hydrogen) atoms. The number of ether oxygens (including phenoxy) is 2. The van der Waals surface area contributed by atoms with Crippen LogP contribution in [0.4, 0.5) is 0 Å². The van der Waals surface area contributed by atoms with Gasteiger partial charge in [-0.3, -0.25) is 9.80 Å². The van der Waals surface area contributed by atoms with Gasteiger partial charge in [0.2, 0.25) is 0 Å². The second-order valence-corrected chi connectivity index (χ2v) is 21.0. The first kappa shape index (κ1) is 38.4. The van der Waals surface area contributed by atoms with Crippen molar-refractivity contribution in [2.75, 3.05) is 135 Å². The second-order valence-electron chi connectivity index (χ2n) is 9.74. The summed E-state index contributed by atoms with van der Waals surface area (Å²) in [6, 6.07) is 0. The highest BCUT2D eigenvalue weighted by atomic mass is 28.4. The molecule has 2 heterocycles. The van der Waals surface area contributed by atoms with E-state index in [2.05, 4.69) is 9.80 Å². The second kappa shape index (κ2) is 18.4. The van der Waals surface area contributed by atoms with Crippen molar-refractivity contribution in [2.24, 2.45) is 0 Å². The Balaban J connectivity index is 1.88. The van der Waals surface area contributed by atoms with E-state index in [9.17, 15) is 0 Å². The molecule has 0 aliphatic carbocycles. The quantitative estimate of drug-likeness (QED) is 0.106. The van der Waals surface area contributed by atoms with Crippen LogP contribution >= 0.6 is 0 Å². The van der Waals surface area contributed by atoms with Gasteiger partial charge in [0.15, 0.2) is 0 Å². The summed E-state index contributed by atoms with van der Waals surface area (Å²) in [6.45, 7) is 2.54. The minimum Gasteiger partial charge on any atom is -0.376 e. The third kappa shape index (κ3) is 10.4. The van der Waals surface area contributed by atoms with E-state index < -0.39 is 35.2 Å². The normalized spacial score (nSPS) is 23.9. The molecule has 0 radical (unpaired) electrons. The molecule has 0 aromatic heterocycles. The van der Waals surface area contributed by atoms with E-state index in [1.54, 1.807) is 71.1 Å². The topological polar surface area (TPSA) is 136 Å². The Morgan fingerprint density at radius 3 is 1.12 bits per heavy atom. The van der Waals surface area contributed by atoms with Crippen molar-refractivity contribution in [1.29, 1.82) is 0 Å². The molecule has 2 aliphatic heterocycles. The first-order valence-electron chi connectivity index (χ1n) is 13.6. The molecule has 2 atom stereocenters. The van der Waals surface area contributed by atoms with Crippen LogP contribution in [0, 0.1) is 0 Å². The summed E-state index contributed by atoms with van der Waals surface area (Å²) >= 11 is 0. The molecule has 2 unspecified atom stereocenters. The lowest BCUT2D eigenvalue weighted by atomic mass is 10.3. The van der Waals surface area contributed by atoms with Gasteiger partial charge in [-0.25, -0.2) is 0 Å². The van der Waals surface area contributed by atoms with E-state index in [0.717, 1.165) is 0 Å². The molecule has 0 N–H and O–H groups in total. The van der Waals surface area contributed by atoms with Crippen LogP contribution < -0.4 is 0 Å². The van der Waals surface area contributed by atoms with Crippen LogP contribution in [0.25, 0.3) is 0 Å². The molecule has 250 valence electrons. The van der Waals surface area contributed by atoms with Crippen molar-refractivity contribution in [2.45, 2.75) is 12.2 Å². The first-order valence-corrected chi connectivity index (χ1v) is 21.3. The fraction of sp³-hybridized carbons (Fsp3) is 1.00. The molecule has 2 saturated heterocycles. The smallest absolute Gasteiger partial charge is 0.376 e. The van der Waals surface area contributed by atoms with Gasteiger partial charge < -0.3 is 62.6 Å². The standard InChI is InChI=1S/C22H52N2O14Si4/c1-25-39(26-2,27-3)17-23-13-21(37-41(19-23,31-7)32-8)15-35-11-12-36-16-22-14-24(18-40(28-4,29-5)30-6)20-42(33-9,34-10)38-22/h21-22H,11-20H2,1-10H3. The predicted octanol–water partition coefficient (Wildman–Crippen LogP) is -1.20. The minimum atomic E-state index is -2.94. The highest BCUT2D eigenvalue weighted by Gasteiger charge is 2.52. The lowest BCUT2D eigenvalue weighted by Gasteiger charge is -2.43. The average Bonchev–Trinajstić information content (AvgIpc) is 3.03. The zero-order valence-electron chi connectivity index (χ0n) is 26.8. The predicted molar refractivity (Wildman–Crippen MR) is 157 cm³/mol. The molecule has 2 rings (SSSR count). The molecule has 2 aliphatic rings. The van der Waals surface area contributed by atoms with Crippen molar-refractivity contribution in [1.82, 2.24) is 9.80 Å². The third-order valence-corrected chi connectivity index (χ3v) is 18.3. The van der Waals surface area contributed by atoms with E-state index in [-0.39, 0.29) is 12.2 Å². The molecule has 0 saturated carbocycles. The van der Waals surface area contributed by atoms with Gasteiger partial charge in [-0.2, -0.15) is 0 Å². The highest BCUT2D eigenvalue weighted by molar-refractivity contribution is 6.63. The maximum atomic E-state index is 6.25. The molecule has 0 aromatic carbocycles. The maximum absolute atomic E-state index is 6.25. The molecule has 0 bridgehead atoms. The van der Waals surface area contributed by atoms with Crippen molar-refractivity contribution in [3.8, 4) is 0 Å². The van der Waals surface area contributed by atoms with E-state index in [4.69, 9.17) is 62.6 Å². The maximum Gasteiger partial charge on any atom is 0.515 e. The van der Waals surface area contributed by atoms with Gasteiger partial charge in [-0.15, -0.1) is 0 Å². The summed E-state index contributed by atoms with van der Waals surface area (Å²) in [4.78, 5) is 4.27. The average molecular weight is 681 g/mol. The summed E-state index contributed by atoms with van der Waals surface area (Å²) in [5, 5.41) is 0. The van der Waals surface area contributed by atoms with Crippen LogP contribution in [0.2, 0.25) is 0 Å². The Morgan fingerprint density at radius 2 is 0.857 bits per heavy atom. The van der Waals surface area contributed by atoms with Crippen LogP contribution in [0.15, 0.2) is 0 Å². The van der Waals surface area contributed by atoms with E-state index in [1.165, 1.54) is 0 Å². The van der Waals surface area contributed by atoms with Crippen LogP contribution in [0.5, 0.6) is 0 Å². The summed E-state index contributed by atoms with van der Waals surface area (Å²) in [6.07, 6.45) is 1.35. The summed E-state index contributed by atoms with van der Waals surface area (Å²) in [7, 11) is 4.34. The monoisotopic (exact) mass is 680 g/mol. The van der Waals surface area contributed by atoms with Crippen molar-refractivity contribution >= 4 is 35.2 Å². The van der Waals surface area contributed by atoms with Gasteiger partial charge in [0.1, 0.15) is 0 Å². The first-order chi connectivity index (χ1) is 20.1. The lowest BCUT2D eigenvalue weighted by molar-refractivity contribution is -0.0663. The number of rotatable bonds is 21. The molecule has 20 heteroatoms. The van der Waals surface area contributed by atoms with Crippen molar-refractivity contribution in [3.63, 3.8) is 0 Å². The van der Waals surface area contributed by atoms with Gasteiger partial charge >= 0.3 is 35.2 Å². The Hall–Kier alpha value is 0.228. The van der Waals surface area contributed by atoms with Gasteiger partial charge in [0, 0.05) is 84.2 Å². The largest absolute Gasteiger partial charge is 0.515 e. The molecule has 0 spiro atoms. The van der Waals surface area contributed by atoms with Crippen molar-refractivity contribution in [3.05, 3.63) is 0 Å². The minimum absolute atomic E-state index is 0.278. The molecule has 0 amide bonds. The van der Waals surface area contributed by atoms with Gasteiger partial charge in [0.05, 0.1) is 63.3 Å². The zero-order valence-corrected chi connectivity index (χ0v) is 30.8. The Bertz CT molecular complexity index is 673. The van der Waals surface area contributed by atoms with E-state index in [0.29, 0.717) is 64.2 Å². The Labute approximate surface area is 255 Å². The van der Waals surface area contributed by atoms with Crippen molar-refractivity contribution < 1.29 is 62.6 Å². The highest BCUT2D eigenvalue weighted by Crippen LogP contribution is 2.23. The zero-order chi connectivity index (χ0) is 31.3. The Kier molecular flexibility index (Phi) is 16.8. The Morgan fingerprint density at radius 1 is 0.548 bits per heavy atom. The molecular formula is C22H52N2O14Si4.